The Bertz CT molecular complexity index is 417. The number of fused-ring (bicyclic) bond motifs is 1. The van der Waals surface area contributed by atoms with Crippen molar-refractivity contribution in [1.29, 1.82) is 0 Å². The fourth-order valence-corrected chi connectivity index (χ4v) is 2.04. The lowest BCUT2D eigenvalue weighted by Crippen LogP contribution is -2.20. The Morgan fingerprint density at radius 2 is 2.18 bits per heavy atom. The highest BCUT2D eigenvalue weighted by Crippen LogP contribution is 2.33. The molecule has 5 heteroatoms. The number of nitrogens with two attached hydrogens (primary N) is 1. The highest BCUT2D eigenvalue weighted by atomic mass is 19.4. The van der Waals surface area contributed by atoms with Gasteiger partial charge in [-0.1, -0.05) is 12.1 Å². The first-order valence-electron chi connectivity index (χ1n) is 5.47. The van der Waals surface area contributed by atoms with Crippen LogP contribution in [0.2, 0.25) is 0 Å². The van der Waals surface area contributed by atoms with Crippen molar-refractivity contribution >= 4 is 0 Å². The Morgan fingerprint density at radius 1 is 1.47 bits per heavy atom. The third-order valence-electron chi connectivity index (χ3n) is 2.80. The molecule has 1 aliphatic rings. The van der Waals surface area contributed by atoms with E-state index in [1.807, 2.05) is 6.92 Å². The van der Waals surface area contributed by atoms with E-state index in [9.17, 15) is 13.2 Å². The van der Waals surface area contributed by atoms with E-state index in [0.717, 1.165) is 17.7 Å². The lowest BCUT2D eigenvalue weighted by molar-refractivity contribution is -0.138. The lowest BCUT2D eigenvalue weighted by atomic mass is 10.00. The first-order valence-corrected chi connectivity index (χ1v) is 5.47. The predicted molar refractivity (Wildman–Crippen MR) is 57.8 cm³/mol. The maximum atomic E-state index is 12.2. The molecule has 0 fully saturated rings. The molecule has 0 saturated carbocycles. The van der Waals surface area contributed by atoms with E-state index in [2.05, 4.69) is 0 Å². The van der Waals surface area contributed by atoms with Crippen LogP contribution in [0.5, 0.6) is 5.75 Å². The van der Waals surface area contributed by atoms with Crippen molar-refractivity contribution in [3.63, 3.8) is 0 Å². The zero-order valence-corrected chi connectivity index (χ0v) is 9.42. The van der Waals surface area contributed by atoms with Gasteiger partial charge in [-0.25, -0.2) is 0 Å². The molecule has 17 heavy (non-hydrogen) atoms. The van der Waals surface area contributed by atoms with Crippen LogP contribution in [0.25, 0.3) is 0 Å². The van der Waals surface area contributed by atoms with Gasteiger partial charge in [-0.05, 0) is 24.1 Å². The van der Waals surface area contributed by atoms with E-state index in [1.54, 1.807) is 18.2 Å². The second-order valence-corrected chi connectivity index (χ2v) is 4.43. The van der Waals surface area contributed by atoms with Crippen molar-refractivity contribution in [2.75, 3.05) is 0 Å². The van der Waals surface area contributed by atoms with Crippen LogP contribution in [-0.2, 0) is 6.42 Å². The average Bonchev–Trinajstić information content (AvgIpc) is 2.53. The second-order valence-electron chi connectivity index (χ2n) is 4.43. The van der Waals surface area contributed by atoms with Crippen molar-refractivity contribution < 1.29 is 17.9 Å². The van der Waals surface area contributed by atoms with Crippen molar-refractivity contribution in [3.05, 3.63) is 29.3 Å². The maximum Gasteiger partial charge on any atom is 0.390 e. The molecule has 0 amide bonds. The summed E-state index contributed by atoms with van der Waals surface area (Å²) in [7, 11) is 0. The summed E-state index contributed by atoms with van der Waals surface area (Å²) in [5.41, 5.74) is 7.00. The van der Waals surface area contributed by atoms with E-state index in [4.69, 9.17) is 10.5 Å². The van der Waals surface area contributed by atoms with Crippen LogP contribution < -0.4 is 10.5 Å². The Hall–Kier alpha value is -1.23. The molecule has 0 bridgehead atoms. The van der Waals surface area contributed by atoms with Gasteiger partial charge >= 0.3 is 6.18 Å². The Balaban J connectivity index is 2.16. The molecule has 94 valence electrons. The number of ether oxygens (including phenoxy) is 1. The molecule has 2 atom stereocenters. The van der Waals surface area contributed by atoms with Crippen LogP contribution in [0.4, 0.5) is 13.2 Å². The lowest BCUT2D eigenvalue weighted by Gasteiger charge is -2.15. The minimum Gasteiger partial charge on any atom is -0.490 e. The number of alkyl halides is 3. The summed E-state index contributed by atoms with van der Waals surface area (Å²) in [6.45, 7) is 1.93. The normalized spacial score (nSPS) is 20.9. The van der Waals surface area contributed by atoms with Gasteiger partial charge in [0.1, 0.15) is 11.9 Å². The zero-order valence-electron chi connectivity index (χ0n) is 9.42. The van der Waals surface area contributed by atoms with Crippen LogP contribution in [-0.4, -0.2) is 12.3 Å². The van der Waals surface area contributed by atoms with Crippen LogP contribution >= 0.6 is 0 Å². The molecule has 1 aromatic carbocycles. The van der Waals surface area contributed by atoms with Crippen LogP contribution in [0.1, 0.15) is 30.5 Å². The molecule has 0 radical (unpaired) electrons. The molecule has 0 saturated heterocycles. The van der Waals surface area contributed by atoms with Crippen molar-refractivity contribution in [2.24, 2.45) is 5.73 Å². The zero-order chi connectivity index (χ0) is 12.6. The second kappa shape index (κ2) is 4.22. The SMILES string of the molecule is CC1Cc2cc(C(N)CC(F)(F)F)ccc2O1. The smallest absolute Gasteiger partial charge is 0.390 e. The Labute approximate surface area is 97.6 Å². The van der Waals surface area contributed by atoms with E-state index < -0.39 is 18.6 Å². The Kier molecular flexibility index (Phi) is 3.03. The largest absolute Gasteiger partial charge is 0.490 e. The fourth-order valence-electron chi connectivity index (χ4n) is 2.04. The minimum absolute atomic E-state index is 0.0825. The van der Waals surface area contributed by atoms with Gasteiger partial charge in [0.2, 0.25) is 0 Å². The van der Waals surface area contributed by atoms with Crippen LogP contribution in [0.3, 0.4) is 0 Å². The van der Waals surface area contributed by atoms with Gasteiger partial charge in [0.15, 0.2) is 0 Å². The summed E-state index contributed by atoms with van der Waals surface area (Å²) in [4.78, 5) is 0. The highest BCUT2D eigenvalue weighted by Gasteiger charge is 2.31. The van der Waals surface area contributed by atoms with Gasteiger partial charge in [0, 0.05) is 12.5 Å². The molecule has 2 rings (SSSR count). The summed E-state index contributed by atoms with van der Waals surface area (Å²) in [6, 6.07) is 4.02. The topological polar surface area (TPSA) is 35.2 Å². The number of hydrogen-bond acceptors (Lipinski definition) is 2. The molecule has 1 aromatic rings. The molecule has 0 spiro atoms. The molecule has 1 aliphatic heterocycles. The molecule has 2 N–H and O–H groups in total. The standard InChI is InChI=1S/C12H14F3NO/c1-7-4-9-5-8(2-3-11(9)17-7)10(16)6-12(13,14)15/h2-3,5,7,10H,4,6,16H2,1H3. The number of halogens is 3. The number of hydrogen-bond donors (Lipinski definition) is 1. The van der Waals surface area contributed by atoms with Crippen LogP contribution in [0.15, 0.2) is 18.2 Å². The van der Waals surface area contributed by atoms with Gasteiger partial charge in [-0.3, -0.25) is 0 Å². The first-order chi connectivity index (χ1) is 7.85. The summed E-state index contributed by atoms with van der Waals surface area (Å²) >= 11 is 0. The third kappa shape index (κ3) is 2.91. The van der Waals surface area contributed by atoms with Gasteiger partial charge in [-0.2, -0.15) is 13.2 Å². The Morgan fingerprint density at radius 3 is 2.82 bits per heavy atom. The van der Waals surface area contributed by atoms with Crippen molar-refractivity contribution in [2.45, 2.75) is 38.1 Å². The molecule has 0 aliphatic carbocycles. The van der Waals surface area contributed by atoms with Gasteiger partial charge < -0.3 is 10.5 Å². The molecule has 2 nitrogen and oxygen atoms in total. The fraction of sp³-hybridized carbons (Fsp3) is 0.500. The van der Waals surface area contributed by atoms with E-state index in [0.29, 0.717) is 5.56 Å². The third-order valence-corrected chi connectivity index (χ3v) is 2.80. The van der Waals surface area contributed by atoms with Gasteiger partial charge in [-0.15, -0.1) is 0 Å². The van der Waals surface area contributed by atoms with E-state index in [1.165, 1.54) is 0 Å². The van der Waals surface area contributed by atoms with Crippen molar-refractivity contribution in [3.8, 4) is 5.75 Å². The van der Waals surface area contributed by atoms with E-state index >= 15 is 0 Å². The molecule has 2 unspecified atom stereocenters. The first kappa shape index (κ1) is 12.2. The summed E-state index contributed by atoms with van der Waals surface area (Å²) in [6.07, 6.45) is -4.43. The summed E-state index contributed by atoms with van der Waals surface area (Å²) in [5, 5.41) is 0. The van der Waals surface area contributed by atoms with Crippen molar-refractivity contribution in [1.82, 2.24) is 0 Å². The minimum atomic E-state index is -4.23. The summed E-state index contributed by atoms with van der Waals surface area (Å²) < 4.78 is 42.1. The molecular formula is C12H14F3NO. The highest BCUT2D eigenvalue weighted by molar-refractivity contribution is 5.41. The maximum absolute atomic E-state index is 12.2. The monoisotopic (exact) mass is 245 g/mol. The average molecular weight is 245 g/mol. The molecule has 0 aromatic heterocycles. The number of benzene rings is 1. The molecule has 1 heterocycles. The van der Waals surface area contributed by atoms with Gasteiger partial charge in [0.25, 0.3) is 0 Å². The molecular weight excluding hydrogens is 231 g/mol. The quantitative estimate of drug-likeness (QED) is 0.869. The number of rotatable bonds is 2. The van der Waals surface area contributed by atoms with Gasteiger partial charge in [0.05, 0.1) is 6.42 Å². The van der Waals surface area contributed by atoms with E-state index in [-0.39, 0.29) is 6.10 Å². The summed E-state index contributed by atoms with van der Waals surface area (Å²) in [5.74, 6) is 0.750. The predicted octanol–water partition coefficient (Wildman–Crippen LogP) is 2.96. The van der Waals surface area contributed by atoms with Crippen LogP contribution in [0, 0.1) is 0 Å².